The van der Waals surface area contributed by atoms with Gasteiger partial charge in [0.05, 0.1) is 11.6 Å². The van der Waals surface area contributed by atoms with Crippen LogP contribution >= 0.6 is 11.6 Å². The van der Waals surface area contributed by atoms with Crippen LogP contribution in [0.5, 0.6) is 0 Å². The lowest BCUT2D eigenvalue weighted by Crippen LogP contribution is -2.59. The Balaban J connectivity index is 1.49. The molecular weight excluding hydrogens is 350 g/mol. The minimum Gasteiger partial charge on any atom is -0.368 e. The zero-order chi connectivity index (χ0) is 18.1. The van der Waals surface area contributed by atoms with Gasteiger partial charge in [0.2, 0.25) is 11.9 Å². The lowest BCUT2D eigenvalue weighted by molar-refractivity contribution is -0.124. The second kappa shape index (κ2) is 6.81. The number of nitrogens with one attached hydrogen (secondary N) is 1. The fourth-order valence-electron chi connectivity index (χ4n) is 4.27. The molecule has 1 spiro atoms. The number of amides is 1. The van der Waals surface area contributed by atoms with E-state index in [1.165, 1.54) is 0 Å². The summed E-state index contributed by atoms with van der Waals surface area (Å²) in [6.07, 6.45) is 3.72. The van der Waals surface area contributed by atoms with Gasteiger partial charge >= 0.3 is 0 Å². The molecule has 0 bridgehead atoms. The number of piperazine rings is 1. The van der Waals surface area contributed by atoms with Crippen molar-refractivity contribution in [3.8, 4) is 6.07 Å². The second-order valence-electron chi connectivity index (χ2n) is 7.25. The quantitative estimate of drug-likeness (QED) is 0.822. The van der Waals surface area contributed by atoms with Crippen LogP contribution in [0.2, 0.25) is 5.02 Å². The Morgan fingerprint density at radius 3 is 2.35 bits per heavy atom. The second-order valence-corrected chi connectivity index (χ2v) is 7.68. The van der Waals surface area contributed by atoms with Crippen LogP contribution in [0.25, 0.3) is 0 Å². The third-order valence-corrected chi connectivity index (χ3v) is 5.98. The van der Waals surface area contributed by atoms with E-state index in [0.29, 0.717) is 5.96 Å². The minimum atomic E-state index is -0.663. The largest absolute Gasteiger partial charge is 0.368 e. The van der Waals surface area contributed by atoms with E-state index in [2.05, 4.69) is 21.2 Å². The van der Waals surface area contributed by atoms with Crippen LogP contribution in [-0.4, -0.2) is 48.5 Å². The van der Waals surface area contributed by atoms with Crippen LogP contribution in [0.4, 0.5) is 5.69 Å². The van der Waals surface area contributed by atoms with Gasteiger partial charge in [-0.2, -0.15) is 5.26 Å². The Bertz CT molecular complexity index is 755. The number of nitrogens with zero attached hydrogens (tertiary/aromatic N) is 4. The van der Waals surface area contributed by atoms with Gasteiger partial charge < -0.3 is 9.80 Å². The van der Waals surface area contributed by atoms with E-state index in [1.54, 1.807) is 0 Å². The number of carbonyl (C=O) groups excluding carboxylic acids is 1. The SMILES string of the molecule is N#C[C@H]1C(=O)NC(N2CCN(c3ccc(Cl)cc3)CC2)=NC12CCCC2. The van der Waals surface area contributed by atoms with Gasteiger partial charge in [0, 0.05) is 36.9 Å². The monoisotopic (exact) mass is 371 g/mol. The summed E-state index contributed by atoms with van der Waals surface area (Å²) < 4.78 is 0. The number of hydrogen-bond acceptors (Lipinski definition) is 5. The predicted molar refractivity (Wildman–Crippen MR) is 101 cm³/mol. The molecule has 4 rings (SSSR count). The Hall–Kier alpha value is -2.26. The van der Waals surface area contributed by atoms with Gasteiger partial charge in [0.15, 0.2) is 5.92 Å². The summed E-state index contributed by atoms with van der Waals surface area (Å²) in [7, 11) is 0. The number of guanidine groups is 1. The molecule has 6 nitrogen and oxygen atoms in total. The van der Waals surface area contributed by atoms with Crippen molar-refractivity contribution < 1.29 is 4.79 Å². The van der Waals surface area contributed by atoms with Crippen molar-refractivity contribution in [2.24, 2.45) is 10.9 Å². The molecule has 7 heteroatoms. The maximum absolute atomic E-state index is 12.5. The zero-order valence-corrected chi connectivity index (χ0v) is 15.4. The molecule has 1 aromatic carbocycles. The maximum Gasteiger partial charge on any atom is 0.246 e. The Labute approximate surface area is 158 Å². The van der Waals surface area contributed by atoms with Crippen LogP contribution in [0.15, 0.2) is 29.3 Å². The lowest BCUT2D eigenvalue weighted by atomic mass is 9.82. The van der Waals surface area contributed by atoms with E-state index in [9.17, 15) is 10.1 Å². The first-order chi connectivity index (χ1) is 12.6. The summed E-state index contributed by atoms with van der Waals surface area (Å²) in [5.41, 5.74) is 0.639. The summed E-state index contributed by atoms with van der Waals surface area (Å²) in [5, 5.41) is 13.1. The molecular formula is C19H22ClN5O. The molecule has 1 amide bonds. The van der Waals surface area contributed by atoms with Gasteiger partial charge in [0.1, 0.15) is 0 Å². The molecule has 2 fully saturated rings. The first-order valence-corrected chi connectivity index (χ1v) is 9.55. The molecule has 1 atom stereocenters. The number of hydrogen-bond donors (Lipinski definition) is 1. The standard InChI is InChI=1S/C19H22ClN5O/c20-14-3-5-15(6-4-14)24-9-11-25(12-10-24)18-22-17(26)16(13-21)19(23-18)7-1-2-8-19/h3-6,16H,1-2,7-12H2,(H,22,23,26)/t16-/m0/s1. The van der Waals surface area contributed by atoms with Gasteiger partial charge in [-0.05, 0) is 37.1 Å². The molecule has 1 saturated heterocycles. The summed E-state index contributed by atoms with van der Waals surface area (Å²) in [5.74, 6) is -0.206. The Morgan fingerprint density at radius 2 is 1.73 bits per heavy atom. The van der Waals surface area contributed by atoms with E-state index in [1.807, 2.05) is 24.3 Å². The smallest absolute Gasteiger partial charge is 0.246 e. The van der Waals surface area contributed by atoms with Crippen molar-refractivity contribution in [3.63, 3.8) is 0 Å². The zero-order valence-electron chi connectivity index (χ0n) is 14.6. The minimum absolute atomic E-state index is 0.195. The summed E-state index contributed by atoms with van der Waals surface area (Å²) >= 11 is 5.97. The number of carbonyl (C=O) groups is 1. The van der Waals surface area contributed by atoms with Crippen molar-refractivity contribution in [2.75, 3.05) is 31.1 Å². The Kier molecular flexibility index (Phi) is 4.49. The van der Waals surface area contributed by atoms with Crippen LogP contribution in [0.1, 0.15) is 25.7 Å². The van der Waals surface area contributed by atoms with Crippen LogP contribution in [0, 0.1) is 17.2 Å². The van der Waals surface area contributed by atoms with E-state index in [-0.39, 0.29) is 5.91 Å². The maximum atomic E-state index is 12.5. The van der Waals surface area contributed by atoms with E-state index in [4.69, 9.17) is 16.6 Å². The number of aliphatic imine (C=N–C) groups is 1. The van der Waals surface area contributed by atoms with Gasteiger partial charge in [-0.1, -0.05) is 24.4 Å². The first-order valence-electron chi connectivity index (χ1n) is 9.17. The average molecular weight is 372 g/mol. The highest BCUT2D eigenvalue weighted by Gasteiger charge is 2.49. The third-order valence-electron chi connectivity index (χ3n) is 5.73. The molecule has 0 aromatic heterocycles. The van der Waals surface area contributed by atoms with E-state index < -0.39 is 11.5 Å². The molecule has 1 N–H and O–H groups in total. The molecule has 3 aliphatic rings. The first kappa shape index (κ1) is 17.2. The number of nitriles is 1. The topological polar surface area (TPSA) is 71.7 Å². The fraction of sp³-hybridized carbons (Fsp3) is 0.526. The van der Waals surface area contributed by atoms with Crippen LogP contribution < -0.4 is 10.2 Å². The number of rotatable bonds is 1. The number of benzene rings is 1. The molecule has 1 aliphatic carbocycles. The molecule has 1 aromatic rings. The highest BCUT2D eigenvalue weighted by atomic mass is 35.5. The van der Waals surface area contributed by atoms with Crippen molar-refractivity contribution in [1.82, 2.24) is 10.2 Å². The van der Waals surface area contributed by atoms with Crippen molar-refractivity contribution in [3.05, 3.63) is 29.3 Å². The number of halogens is 1. The molecule has 26 heavy (non-hydrogen) atoms. The van der Waals surface area contributed by atoms with Crippen LogP contribution in [0.3, 0.4) is 0 Å². The molecule has 0 radical (unpaired) electrons. The third kappa shape index (κ3) is 3.01. The molecule has 0 unspecified atom stereocenters. The predicted octanol–water partition coefficient (Wildman–Crippen LogP) is 2.40. The Morgan fingerprint density at radius 1 is 1.12 bits per heavy atom. The fourth-order valence-corrected chi connectivity index (χ4v) is 4.40. The van der Waals surface area contributed by atoms with Gasteiger partial charge in [-0.15, -0.1) is 0 Å². The van der Waals surface area contributed by atoms with E-state index >= 15 is 0 Å². The van der Waals surface area contributed by atoms with Crippen molar-refractivity contribution in [2.45, 2.75) is 31.2 Å². The lowest BCUT2D eigenvalue weighted by Gasteiger charge is -2.41. The van der Waals surface area contributed by atoms with Gasteiger partial charge in [-0.25, -0.2) is 4.99 Å². The molecule has 1 saturated carbocycles. The average Bonchev–Trinajstić information content (AvgIpc) is 3.11. The molecule has 2 heterocycles. The highest BCUT2D eigenvalue weighted by molar-refractivity contribution is 6.30. The summed E-state index contributed by atoms with van der Waals surface area (Å²) in [6, 6.07) is 10.1. The van der Waals surface area contributed by atoms with Crippen molar-refractivity contribution >= 4 is 29.2 Å². The number of anilines is 1. The summed E-state index contributed by atoms with van der Waals surface area (Å²) in [4.78, 5) is 21.8. The van der Waals surface area contributed by atoms with E-state index in [0.717, 1.165) is 62.6 Å². The molecule has 136 valence electrons. The highest BCUT2D eigenvalue weighted by Crippen LogP contribution is 2.41. The molecule has 2 aliphatic heterocycles. The van der Waals surface area contributed by atoms with Gasteiger partial charge in [0.25, 0.3) is 0 Å². The van der Waals surface area contributed by atoms with Crippen LogP contribution in [-0.2, 0) is 4.79 Å². The summed E-state index contributed by atoms with van der Waals surface area (Å²) in [6.45, 7) is 3.28. The van der Waals surface area contributed by atoms with Gasteiger partial charge in [-0.3, -0.25) is 10.1 Å². The van der Waals surface area contributed by atoms with Crippen molar-refractivity contribution in [1.29, 1.82) is 5.26 Å². The normalized spacial score (nSPS) is 25.0.